The lowest BCUT2D eigenvalue weighted by atomic mass is 10.1. The Balaban J connectivity index is 1.48. The molecule has 2 amide bonds. The highest BCUT2D eigenvalue weighted by atomic mass is 16.2. The molecule has 7 heteroatoms. The van der Waals surface area contributed by atoms with Crippen molar-refractivity contribution >= 4 is 22.7 Å². The van der Waals surface area contributed by atoms with Crippen molar-refractivity contribution in [1.29, 1.82) is 0 Å². The van der Waals surface area contributed by atoms with Crippen molar-refractivity contribution in [1.82, 2.24) is 25.0 Å². The molecule has 3 aromatic rings. The van der Waals surface area contributed by atoms with Crippen molar-refractivity contribution in [3.8, 4) is 0 Å². The van der Waals surface area contributed by atoms with Gasteiger partial charge in [-0.25, -0.2) is 0 Å². The van der Waals surface area contributed by atoms with Crippen molar-refractivity contribution in [2.75, 3.05) is 6.54 Å². The number of nitrogens with zero attached hydrogens (tertiary/aromatic N) is 3. The Morgan fingerprint density at radius 1 is 1.32 bits per heavy atom. The fourth-order valence-electron chi connectivity index (χ4n) is 3.74. The summed E-state index contributed by atoms with van der Waals surface area (Å²) in [6, 6.07) is 12.1. The average Bonchev–Trinajstić information content (AvgIpc) is 3.40. The van der Waals surface area contributed by atoms with Gasteiger partial charge in [0.05, 0.1) is 12.2 Å². The Morgan fingerprint density at radius 3 is 2.89 bits per heavy atom. The van der Waals surface area contributed by atoms with Gasteiger partial charge in [-0.05, 0) is 43.9 Å². The van der Waals surface area contributed by atoms with Crippen LogP contribution < -0.4 is 5.32 Å². The number of H-pyrrole nitrogens is 1. The number of hydrogen-bond donors (Lipinski definition) is 2. The monoisotopic (exact) mass is 379 g/mol. The van der Waals surface area contributed by atoms with Crippen LogP contribution in [0.4, 0.5) is 0 Å². The number of para-hydroxylation sites is 1. The van der Waals surface area contributed by atoms with Crippen LogP contribution in [0.2, 0.25) is 0 Å². The molecule has 146 valence electrons. The van der Waals surface area contributed by atoms with Crippen LogP contribution in [0.15, 0.2) is 42.6 Å². The second kappa shape index (κ2) is 7.50. The molecular formula is C21H25N5O2. The summed E-state index contributed by atoms with van der Waals surface area (Å²) in [5.41, 5.74) is 2.43. The number of hydrogen-bond acceptors (Lipinski definition) is 3. The summed E-state index contributed by atoms with van der Waals surface area (Å²) in [4.78, 5) is 26.2. The van der Waals surface area contributed by atoms with Crippen molar-refractivity contribution in [2.24, 2.45) is 0 Å². The highest BCUT2D eigenvalue weighted by Crippen LogP contribution is 2.17. The molecule has 2 N–H and O–H groups in total. The molecule has 4 rings (SSSR count). The molecule has 0 unspecified atom stereocenters. The predicted octanol–water partition coefficient (Wildman–Crippen LogP) is 2.54. The molecular weight excluding hydrogens is 354 g/mol. The molecule has 1 atom stereocenters. The van der Waals surface area contributed by atoms with Gasteiger partial charge in [0, 0.05) is 36.8 Å². The van der Waals surface area contributed by atoms with Crippen molar-refractivity contribution < 1.29 is 9.59 Å². The van der Waals surface area contributed by atoms with E-state index in [9.17, 15) is 9.59 Å². The number of rotatable bonds is 6. The molecule has 7 nitrogen and oxygen atoms in total. The number of carbonyl (C=O) groups is 2. The minimum absolute atomic E-state index is 0.0171. The first-order chi connectivity index (χ1) is 13.5. The summed E-state index contributed by atoms with van der Waals surface area (Å²) >= 11 is 0. The first kappa shape index (κ1) is 18.3. The number of benzene rings is 1. The van der Waals surface area contributed by atoms with Crippen LogP contribution in [0.25, 0.3) is 10.9 Å². The van der Waals surface area contributed by atoms with Gasteiger partial charge in [-0.15, -0.1) is 0 Å². The third kappa shape index (κ3) is 3.65. The number of amides is 2. The van der Waals surface area contributed by atoms with Crippen LogP contribution in [0.3, 0.4) is 0 Å². The van der Waals surface area contributed by atoms with Crippen LogP contribution in [0.5, 0.6) is 0 Å². The predicted molar refractivity (Wildman–Crippen MR) is 107 cm³/mol. The molecule has 0 spiro atoms. The van der Waals surface area contributed by atoms with E-state index in [2.05, 4.69) is 38.3 Å². The normalized spacial score (nSPS) is 16.7. The average molecular weight is 379 g/mol. The van der Waals surface area contributed by atoms with E-state index in [0.29, 0.717) is 25.2 Å². The fraction of sp³-hybridized carbons (Fsp3) is 0.381. The highest BCUT2D eigenvalue weighted by Gasteiger charge is 2.28. The van der Waals surface area contributed by atoms with Crippen LogP contribution in [0.1, 0.15) is 42.9 Å². The maximum atomic E-state index is 13.0. The molecule has 1 aromatic carbocycles. The third-order valence-electron chi connectivity index (χ3n) is 5.26. The van der Waals surface area contributed by atoms with E-state index in [-0.39, 0.29) is 23.9 Å². The smallest absolute Gasteiger partial charge is 0.274 e. The molecule has 0 bridgehead atoms. The van der Waals surface area contributed by atoms with E-state index in [1.165, 1.54) is 5.39 Å². The second-order valence-electron chi connectivity index (χ2n) is 7.64. The Bertz CT molecular complexity index is 1000. The van der Waals surface area contributed by atoms with Crippen LogP contribution in [-0.2, 0) is 11.3 Å². The standard InChI is InChI=1S/C21H25N5O2/c1-14(2)26(13-16-7-8-20(27)22-16)21(28)18-11-17(23-24-18)12-25-10-9-15-5-3-4-6-19(15)25/h3-6,9-11,14,16H,7-8,12-13H2,1-2H3,(H,22,27)(H,23,24)/t16-/m0/s1. The van der Waals surface area contributed by atoms with Gasteiger partial charge in [0.15, 0.2) is 0 Å². The number of nitrogens with one attached hydrogen (secondary N) is 2. The maximum Gasteiger partial charge on any atom is 0.274 e. The third-order valence-corrected chi connectivity index (χ3v) is 5.26. The van der Waals surface area contributed by atoms with E-state index < -0.39 is 0 Å². The summed E-state index contributed by atoms with van der Waals surface area (Å²) in [6.45, 7) is 5.09. The lowest BCUT2D eigenvalue weighted by molar-refractivity contribution is -0.119. The van der Waals surface area contributed by atoms with Gasteiger partial charge in [-0.2, -0.15) is 5.10 Å². The van der Waals surface area contributed by atoms with E-state index in [0.717, 1.165) is 17.6 Å². The highest BCUT2D eigenvalue weighted by molar-refractivity contribution is 5.92. The van der Waals surface area contributed by atoms with Crippen molar-refractivity contribution in [3.63, 3.8) is 0 Å². The molecule has 2 aromatic heterocycles. The molecule has 1 aliphatic rings. The summed E-state index contributed by atoms with van der Waals surface area (Å²) in [5.74, 6) is -0.0572. The van der Waals surface area contributed by atoms with Gasteiger partial charge in [0.2, 0.25) is 5.91 Å². The van der Waals surface area contributed by atoms with E-state index in [1.807, 2.05) is 38.2 Å². The lowest BCUT2D eigenvalue weighted by Crippen LogP contribution is -2.45. The fourth-order valence-corrected chi connectivity index (χ4v) is 3.74. The van der Waals surface area contributed by atoms with Gasteiger partial charge in [0.25, 0.3) is 5.91 Å². The second-order valence-corrected chi connectivity index (χ2v) is 7.64. The Labute approximate surface area is 163 Å². The molecule has 3 heterocycles. The molecule has 28 heavy (non-hydrogen) atoms. The van der Waals surface area contributed by atoms with Gasteiger partial charge in [-0.3, -0.25) is 14.7 Å². The van der Waals surface area contributed by atoms with E-state index in [4.69, 9.17) is 0 Å². The number of fused-ring (bicyclic) bond motifs is 1. The number of carbonyl (C=O) groups excluding carboxylic acids is 2. The zero-order valence-corrected chi connectivity index (χ0v) is 16.2. The Morgan fingerprint density at radius 2 is 2.14 bits per heavy atom. The van der Waals surface area contributed by atoms with Gasteiger partial charge < -0.3 is 14.8 Å². The SMILES string of the molecule is CC(C)N(C[C@@H]1CCC(=O)N1)C(=O)c1cc(Cn2ccc3ccccc32)[nH]n1. The zero-order chi connectivity index (χ0) is 19.7. The summed E-state index contributed by atoms with van der Waals surface area (Å²) in [7, 11) is 0. The molecule has 0 aliphatic carbocycles. The van der Waals surface area contributed by atoms with Crippen molar-refractivity contribution in [2.45, 2.75) is 45.3 Å². The topological polar surface area (TPSA) is 83.0 Å². The summed E-state index contributed by atoms with van der Waals surface area (Å²) in [5, 5.41) is 11.4. The van der Waals surface area contributed by atoms with Gasteiger partial charge in [-0.1, -0.05) is 18.2 Å². The Kier molecular flexibility index (Phi) is 4.90. The number of aromatic nitrogens is 3. The maximum absolute atomic E-state index is 13.0. The summed E-state index contributed by atoms with van der Waals surface area (Å²) in [6.07, 6.45) is 3.33. The first-order valence-electron chi connectivity index (χ1n) is 9.70. The van der Waals surface area contributed by atoms with Crippen LogP contribution >= 0.6 is 0 Å². The van der Waals surface area contributed by atoms with E-state index in [1.54, 1.807) is 4.90 Å². The quantitative estimate of drug-likeness (QED) is 0.690. The Hall–Kier alpha value is -3.09. The molecule has 1 aliphatic heterocycles. The zero-order valence-electron chi connectivity index (χ0n) is 16.2. The largest absolute Gasteiger partial charge is 0.352 e. The first-order valence-corrected chi connectivity index (χ1v) is 9.70. The van der Waals surface area contributed by atoms with Gasteiger partial charge in [0.1, 0.15) is 5.69 Å². The molecule has 0 saturated carbocycles. The van der Waals surface area contributed by atoms with Crippen LogP contribution in [0, 0.1) is 0 Å². The van der Waals surface area contributed by atoms with Gasteiger partial charge >= 0.3 is 0 Å². The van der Waals surface area contributed by atoms with Crippen LogP contribution in [-0.4, -0.2) is 50.1 Å². The van der Waals surface area contributed by atoms with E-state index >= 15 is 0 Å². The summed E-state index contributed by atoms with van der Waals surface area (Å²) < 4.78 is 2.13. The molecule has 1 fully saturated rings. The molecule has 0 radical (unpaired) electrons. The minimum Gasteiger partial charge on any atom is -0.352 e. The molecule has 1 saturated heterocycles. The number of aromatic amines is 1. The van der Waals surface area contributed by atoms with Crippen molar-refractivity contribution in [3.05, 3.63) is 54.0 Å². The minimum atomic E-state index is -0.115. The lowest BCUT2D eigenvalue weighted by Gasteiger charge is -2.28.